The Kier molecular flexibility index (Phi) is 5.22. The van der Waals surface area contributed by atoms with Crippen molar-refractivity contribution in [3.63, 3.8) is 0 Å². The van der Waals surface area contributed by atoms with Gasteiger partial charge in [0.25, 0.3) is 0 Å². The second kappa shape index (κ2) is 6.75. The molecule has 21 heavy (non-hydrogen) atoms. The number of benzene rings is 1. The number of halogens is 1. The van der Waals surface area contributed by atoms with Crippen LogP contribution in [0.3, 0.4) is 0 Å². The summed E-state index contributed by atoms with van der Waals surface area (Å²) < 4.78 is 26.6. The van der Waals surface area contributed by atoms with Gasteiger partial charge < -0.3 is 0 Å². The highest BCUT2D eigenvalue weighted by atomic mass is 35.5. The van der Waals surface area contributed by atoms with E-state index in [9.17, 15) is 8.42 Å². The second-order valence-electron chi connectivity index (χ2n) is 5.17. The Morgan fingerprint density at radius 3 is 2.48 bits per heavy atom. The van der Waals surface area contributed by atoms with E-state index in [1.54, 1.807) is 18.2 Å². The minimum Gasteiger partial charge on any atom is -0.299 e. The lowest BCUT2D eigenvalue weighted by molar-refractivity contribution is 0.178. The van der Waals surface area contributed by atoms with Gasteiger partial charge in [-0.1, -0.05) is 23.7 Å². The molecule has 5 nitrogen and oxygen atoms in total. The molecule has 7 heteroatoms. The van der Waals surface area contributed by atoms with Crippen LogP contribution in [-0.2, 0) is 10.0 Å². The number of piperazine rings is 1. The van der Waals surface area contributed by atoms with Crippen LogP contribution in [-0.4, -0.2) is 50.3 Å². The first-order valence-corrected chi connectivity index (χ1v) is 8.63. The zero-order valence-electron chi connectivity index (χ0n) is 11.9. The van der Waals surface area contributed by atoms with Gasteiger partial charge in [0.2, 0.25) is 10.0 Å². The average Bonchev–Trinajstić information content (AvgIpc) is 2.48. The summed E-state index contributed by atoms with van der Waals surface area (Å²) in [6.07, 6.45) is 0. The molecular formula is C14H18ClN3O2S. The highest BCUT2D eigenvalue weighted by Crippen LogP contribution is 2.25. The van der Waals surface area contributed by atoms with Crippen LogP contribution in [0, 0.1) is 17.2 Å². The van der Waals surface area contributed by atoms with Crippen LogP contribution in [0.15, 0.2) is 29.2 Å². The standard InChI is InChI=1S/C14H18ClN3O2S/c1-12(10-16)11-17-6-8-18(9-7-17)21(19,20)14-5-3-2-4-13(14)15/h2-5,12H,6-9,11H2,1H3/t12-/m1/s1. The van der Waals surface area contributed by atoms with E-state index >= 15 is 0 Å². The predicted molar refractivity (Wildman–Crippen MR) is 81.4 cm³/mol. The van der Waals surface area contributed by atoms with Gasteiger partial charge in [0.15, 0.2) is 0 Å². The van der Waals surface area contributed by atoms with Gasteiger partial charge in [-0.15, -0.1) is 0 Å². The van der Waals surface area contributed by atoms with Crippen molar-refractivity contribution >= 4 is 21.6 Å². The van der Waals surface area contributed by atoms with Crippen molar-refractivity contribution in [3.8, 4) is 6.07 Å². The first-order chi connectivity index (χ1) is 9.95. The van der Waals surface area contributed by atoms with Crippen molar-refractivity contribution in [3.05, 3.63) is 29.3 Å². The van der Waals surface area contributed by atoms with Crippen LogP contribution in [0.1, 0.15) is 6.92 Å². The lowest BCUT2D eigenvalue weighted by Gasteiger charge is -2.34. The largest absolute Gasteiger partial charge is 0.299 e. The molecule has 0 aromatic heterocycles. The third kappa shape index (κ3) is 3.74. The maximum Gasteiger partial charge on any atom is 0.244 e. The maximum absolute atomic E-state index is 12.6. The molecule has 0 bridgehead atoms. The molecule has 114 valence electrons. The van der Waals surface area contributed by atoms with Crippen LogP contribution < -0.4 is 0 Å². The molecule has 0 N–H and O–H groups in total. The Balaban J connectivity index is 2.05. The van der Waals surface area contributed by atoms with Crippen LogP contribution >= 0.6 is 11.6 Å². The second-order valence-corrected chi connectivity index (χ2v) is 7.48. The molecule has 0 saturated carbocycles. The van der Waals surface area contributed by atoms with Gasteiger partial charge in [-0.05, 0) is 19.1 Å². The van der Waals surface area contributed by atoms with Gasteiger partial charge in [0.05, 0.1) is 17.0 Å². The van der Waals surface area contributed by atoms with Crippen LogP contribution in [0.4, 0.5) is 0 Å². The smallest absolute Gasteiger partial charge is 0.244 e. The van der Waals surface area contributed by atoms with Gasteiger partial charge in [-0.2, -0.15) is 9.57 Å². The molecule has 1 aromatic carbocycles. The molecule has 1 saturated heterocycles. The fourth-order valence-corrected chi connectivity index (χ4v) is 4.29. The molecule has 1 aliphatic heterocycles. The first kappa shape index (κ1) is 16.2. The average molecular weight is 328 g/mol. The van der Waals surface area contributed by atoms with Crippen molar-refractivity contribution in [2.45, 2.75) is 11.8 Å². The quantitative estimate of drug-likeness (QED) is 0.846. The maximum atomic E-state index is 12.6. The Hall–Kier alpha value is -1.13. The normalized spacial score (nSPS) is 19.1. The summed E-state index contributed by atoms with van der Waals surface area (Å²) in [5.41, 5.74) is 0. The minimum atomic E-state index is -3.54. The fraction of sp³-hybridized carbons (Fsp3) is 0.500. The van der Waals surface area contributed by atoms with Crippen molar-refractivity contribution in [2.24, 2.45) is 5.92 Å². The monoisotopic (exact) mass is 327 g/mol. The van der Waals surface area contributed by atoms with E-state index in [1.807, 2.05) is 6.92 Å². The molecule has 0 spiro atoms. The number of rotatable bonds is 4. The lowest BCUT2D eigenvalue weighted by Crippen LogP contribution is -2.49. The Labute approximate surface area is 130 Å². The van der Waals surface area contributed by atoms with Crippen molar-refractivity contribution in [2.75, 3.05) is 32.7 Å². The zero-order valence-corrected chi connectivity index (χ0v) is 13.4. The van der Waals surface area contributed by atoms with Crippen LogP contribution in [0.2, 0.25) is 5.02 Å². The molecule has 1 aromatic rings. The summed E-state index contributed by atoms with van der Waals surface area (Å²) in [5, 5.41) is 9.08. The Bertz CT molecular complexity index is 634. The molecule has 2 rings (SSSR count). The van der Waals surface area contributed by atoms with Crippen LogP contribution in [0.5, 0.6) is 0 Å². The fourth-order valence-electron chi connectivity index (χ4n) is 2.37. The number of nitrogens with zero attached hydrogens (tertiary/aromatic N) is 3. The number of sulfonamides is 1. The molecule has 0 aliphatic carbocycles. The molecule has 0 amide bonds. The number of hydrogen-bond donors (Lipinski definition) is 0. The number of nitriles is 1. The van der Waals surface area contributed by atoms with E-state index in [1.165, 1.54) is 10.4 Å². The molecule has 1 fully saturated rings. The van der Waals surface area contributed by atoms with E-state index in [4.69, 9.17) is 16.9 Å². The molecule has 1 aliphatic rings. The predicted octanol–water partition coefficient (Wildman–Crippen LogP) is 1.81. The van der Waals surface area contributed by atoms with Crippen molar-refractivity contribution in [1.82, 2.24) is 9.21 Å². The molecule has 0 unspecified atom stereocenters. The molecule has 1 atom stereocenters. The first-order valence-electron chi connectivity index (χ1n) is 6.82. The summed E-state index contributed by atoms with van der Waals surface area (Å²) in [6, 6.07) is 8.69. The van der Waals surface area contributed by atoms with E-state index in [2.05, 4.69) is 11.0 Å². The van der Waals surface area contributed by atoms with E-state index in [-0.39, 0.29) is 15.8 Å². The van der Waals surface area contributed by atoms with E-state index in [0.717, 1.165) is 0 Å². The molecule has 0 radical (unpaired) electrons. The highest BCUT2D eigenvalue weighted by Gasteiger charge is 2.30. The van der Waals surface area contributed by atoms with Crippen molar-refractivity contribution < 1.29 is 8.42 Å². The highest BCUT2D eigenvalue weighted by molar-refractivity contribution is 7.89. The lowest BCUT2D eigenvalue weighted by atomic mass is 10.2. The van der Waals surface area contributed by atoms with Gasteiger partial charge in [-0.25, -0.2) is 8.42 Å². The Morgan fingerprint density at radius 2 is 1.90 bits per heavy atom. The van der Waals surface area contributed by atoms with Gasteiger partial charge >= 0.3 is 0 Å². The number of hydrogen-bond acceptors (Lipinski definition) is 4. The van der Waals surface area contributed by atoms with Gasteiger partial charge in [0.1, 0.15) is 4.90 Å². The topological polar surface area (TPSA) is 64.4 Å². The molecular weight excluding hydrogens is 310 g/mol. The summed E-state index contributed by atoms with van der Waals surface area (Å²) in [5.74, 6) is -0.0447. The van der Waals surface area contributed by atoms with Crippen molar-refractivity contribution in [1.29, 1.82) is 5.26 Å². The summed E-state index contributed by atoms with van der Waals surface area (Å²) in [6.45, 7) is 4.66. The SMILES string of the molecule is C[C@H](C#N)CN1CCN(S(=O)(=O)c2ccccc2Cl)CC1. The molecule has 1 heterocycles. The van der Waals surface area contributed by atoms with Gasteiger partial charge in [-0.3, -0.25) is 4.90 Å². The Morgan fingerprint density at radius 1 is 1.29 bits per heavy atom. The van der Waals surface area contributed by atoms with Gasteiger partial charge in [0, 0.05) is 32.7 Å². The third-order valence-corrected chi connectivity index (χ3v) is 5.94. The van der Waals surface area contributed by atoms with Crippen LogP contribution in [0.25, 0.3) is 0 Å². The minimum absolute atomic E-state index is 0.0447. The van der Waals surface area contributed by atoms with E-state index < -0.39 is 10.0 Å². The summed E-state index contributed by atoms with van der Waals surface area (Å²) in [7, 11) is -3.54. The zero-order chi connectivity index (χ0) is 15.5. The summed E-state index contributed by atoms with van der Waals surface area (Å²) in [4.78, 5) is 2.28. The van der Waals surface area contributed by atoms with E-state index in [0.29, 0.717) is 32.7 Å². The summed E-state index contributed by atoms with van der Waals surface area (Å²) >= 11 is 5.99. The third-order valence-electron chi connectivity index (χ3n) is 3.54.